The van der Waals surface area contributed by atoms with E-state index < -0.39 is 7.60 Å². The third-order valence-corrected chi connectivity index (χ3v) is 15.3. The highest BCUT2D eigenvalue weighted by Gasteiger charge is 2.40. The van der Waals surface area contributed by atoms with Gasteiger partial charge >= 0.3 is 7.60 Å². The maximum Gasteiger partial charge on any atom is 0.361 e. The van der Waals surface area contributed by atoms with Gasteiger partial charge in [-0.3, -0.25) is 4.57 Å². The normalized spacial score (nSPS) is 23.0. The largest absolute Gasteiger partial charge is 0.361 e. The molecule has 0 heterocycles. The number of benzene rings is 1. The molecule has 5 nitrogen and oxygen atoms in total. The molecule has 286 valence electrons. The Morgan fingerprint density at radius 3 is 1.12 bits per heavy atom. The van der Waals surface area contributed by atoms with Crippen LogP contribution in [0.15, 0.2) is 30.3 Å². The Bertz CT molecular complexity index is 1030. The summed E-state index contributed by atoms with van der Waals surface area (Å²) in [7, 11) is -3.61. The second kappa shape index (κ2) is 19.1. The molecule has 0 aliphatic heterocycles. The van der Waals surface area contributed by atoms with Gasteiger partial charge in [-0.25, -0.2) is 0 Å². The molecule has 2 atom stereocenters. The number of nitrogens with one attached hydrogen (secondary N) is 2. The summed E-state index contributed by atoms with van der Waals surface area (Å²) in [4.78, 5) is 0. The molecule has 5 rings (SSSR count). The number of rotatable bonds is 15. The van der Waals surface area contributed by atoms with E-state index >= 15 is 4.57 Å². The summed E-state index contributed by atoms with van der Waals surface area (Å²) in [6, 6.07) is 11.0. The van der Waals surface area contributed by atoms with Gasteiger partial charge in [-0.1, -0.05) is 137 Å². The summed E-state index contributed by atoms with van der Waals surface area (Å²) in [5.41, 5.74) is -0.0996. The average molecular weight is 713 g/mol. The SMILES string of the molecule is CC(C)(C)[C@@H](COP(=O)(OC[C@@H](NC(C1CCCCC1)C1CCCCC1)C(C)(C)C)c1ccccc1)NC(C1CCCCC1)C1CCCCC1. The van der Waals surface area contributed by atoms with Crippen molar-refractivity contribution in [2.24, 2.45) is 34.5 Å². The maximum absolute atomic E-state index is 15.2. The van der Waals surface area contributed by atoms with Crippen LogP contribution in [-0.4, -0.2) is 37.4 Å². The van der Waals surface area contributed by atoms with Gasteiger partial charge in [0.15, 0.2) is 0 Å². The zero-order chi connectivity index (χ0) is 35.6. The van der Waals surface area contributed by atoms with Gasteiger partial charge in [-0.2, -0.15) is 0 Å². The first-order valence-electron chi connectivity index (χ1n) is 21.4. The first-order chi connectivity index (χ1) is 23.9. The topological polar surface area (TPSA) is 59.6 Å². The van der Waals surface area contributed by atoms with Crippen molar-refractivity contribution in [3.63, 3.8) is 0 Å². The van der Waals surface area contributed by atoms with E-state index in [1.54, 1.807) is 0 Å². The predicted molar refractivity (Wildman–Crippen MR) is 212 cm³/mol. The highest BCUT2D eigenvalue weighted by atomic mass is 31.2. The van der Waals surface area contributed by atoms with E-state index in [9.17, 15) is 0 Å². The lowest BCUT2D eigenvalue weighted by molar-refractivity contribution is 0.0814. The summed E-state index contributed by atoms with van der Waals surface area (Å²) in [5.74, 6) is 2.92. The fourth-order valence-corrected chi connectivity index (χ4v) is 11.6. The van der Waals surface area contributed by atoms with Crippen LogP contribution in [0, 0.1) is 34.5 Å². The Balaban J connectivity index is 1.34. The van der Waals surface area contributed by atoms with Gasteiger partial charge in [-0.15, -0.1) is 0 Å². The monoisotopic (exact) mass is 713 g/mol. The van der Waals surface area contributed by atoms with E-state index in [0.29, 0.717) is 30.6 Å². The van der Waals surface area contributed by atoms with Crippen molar-refractivity contribution >= 4 is 12.9 Å². The van der Waals surface area contributed by atoms with Crippen molar-refractivity contribution in [2.75, 3.05) is 13.2 Å². The molecule has 0 radical (unpaired) electrons. The zero-order valence-electron chi connectivity index (χ0n) is 33.2. The molecule has 4 aliphatic rings. The smallest absolute Gasteiger partial charge is 0.308 e. The Morgan fingerprint density at radius 2 is 0.840 bits per heavy atom. The van der Waals surface area contributed by atoms with Crippen molar-refractivity contribution in [1.82, 2.24) is 10.6 Å². The Kier molecular flexibility index (Phi) is 15.4. The molecule has 0 aromatic heterocycles. The summed E-state index contributed by atoms with van der Waals surface area (Å²) >= 11 is 0. The average Bonchev–Trinajstić information content (AvgIpc) is 3.12. The van der Waals surface area contributed by atoms with E-state index in [1.165, 1.54) is 128 Å². The van der Waals surface area contributed by atoms with Crippen LogP contribution in [0.2, 0.25) is 0 Å². The molecule has 0 bridgehead atoms. The third-order valence-electron chi connectivity index (χ3n) is 13.4. The van der Waals surface area contributed by atoms with E-state index in [1.807, 2.05) is 30.3 Å². The molecular weight excluding hydrogens is 635 g/mol. The lowest BCUT2D eigenvalue weighted by atomic mass is 9.72. The van der Waals surface area contributed by atoms with Crippen molar-refractivity contribution in [2.45, 2.75) is 194 Å². The standard InChI is InChI=1S/C44H77N2O3P/c1-43(2,3)39(45-41(34-22-12-7-13-23-34)35-24-14-8-15-25-35)32-48-50(47,38-30-20-11-21-31-38)49-33-40(44(4,5)6)46-42(36-26-16-9-17-27-36)37-28-18-10-19-29-37/h11,20-21,30-31,34-37,39-42,45-46H,7-10,12-19,22-29,32-33H2,1-6H3/t39-,40-/m1/s1. The Morgan fingerprint density at radius 1 is 0.540 bits per heavy atom. The van der Waals surface area contributed by atoms with Crippen LogP contribution in [0.25, 0.3) is 0 Å². The summed E-state index contributed by atoms with van der Waals surface area (Å²) in [5, 5.41) is 9.14. The summed E-state index contributed by atoms with van der Waals surface area (Å²) < 4.78 is 28.6. The van der Waals surface area contributed by atoms with Gasteiger partial charge in [0, 0.05) is 24.2 Å². The number of hydrogen-bond donors (Lipinski definition) is 2. The highest BCUT2D eigenvalue weighted by molar-refractivity contribution is 7.62. The van der Waals surface area contributed by atoms with Crippen LogP contribution in [-0.2, 0) is 13.6 Å². The van der Waals surface area contributed by atoms with E-state index in [4.69, 9.17) is 9.05 Å². The lowest BCUT2D eigenvalue weighted by Crippen LogP contribution is -2.54. The summed E-state index contributed by atoms with van der Waals surface area (Å²) in [6.07, 6.45) is 27.0. The molecule has 2 N–H and O–H groups in total. The fraction of sp³-hybridized carbons (Fsp3) is 0.864. The van der Waals surface area contributed by atoms with Gasteiger partial charge < -0.3 is 19.7 Å². The Labute approximate surface area is 308 Å². The van der Waals surface area contributed by atoms with Crippen LogP contribution in [0.5, 0.6) is 0 Å². The van der Waals surface area contributed by atoms with Gasteiger partial charge in [0.05, 0.1) is 18.5 Å². The van der Waals surface area contributed by atoms with Gasteiger partial charge in [0.2, 0.25) is 0 Å². The molecule has 6 heteroatoms. The van der Waals surface area contributed by atoms with Crippen LogP contribution in [0.4, 0.5) is 0 Å². The first kappa shape index (κ1) is 40.5. The quantitative estimate of drug-likeness (QED) is 0.177. The second-order valence-electron chi connectivity index (χ2n) is 19.2. The third kappa shape index (κ3) is 11.6. The molecule has 0 amide bonds. The van der Waals surface area contributed by atoms with Crippen LogP contribution in [0.3, 0.4) is 0 Å². The molecule has 0 saturated heterocycles. The van der Waals surface area contributed by atoms with Crippen molar-refractivity contribution < 1.29 is 13.6 Å². The van der Waals surface area contributed by atoms with Gasteiger partial charge in [-0.05, 0) is 98.0 Å². The molecule has 0 spiro atoms. The second-order valence-corrected chi connectivity index (χ2v) is 21.3. The summed E-state index contributed by atoms with van der Waals surface area (Å²) in [6.45, 7) is 14.7. The van der Waals surface area contributed by atoms with E-state index in [-0.39, 0.29) is 22.9 Å². The maximum atomic E-state index is 15.2. The van der Waals surface area contributed by atoms with Crippen molar-refractivity contribution in [3.05, 3.63) is 30.3 Å². The van der Waals surface area contributed by atoms with Crippen LogP contribution < -0.4 is 15.9 Å². The molecule has 1 aromatic rings. The minimum absolute atomic E-state index is 0.0498. The molecule has 1 aromatic carbocycles. The minimum Gasteiger partial charge on any atom is -0.308 e. The minimum atomic E-state index is -3.61. The number of hydrogen-bond acceptors (Lipinski definition) is 5. The molecular formula is C44H77N2O3P. The van der Waals surface area contributed by atoms with E-state index in [2.05, 4.69) is 52.2 Å². The molecule has 0 unspecified atom stereocenters. The molecule has 4 saturated carbocycles. The molecule has 4 fully saturated rings. The van der Waals surface area contributed by atoms with E-state index in [0.717, 1.165) is 23.7 Å². The van der Waals surface area contributed by atoms with Crippen LogP contribution >= 0.6 is 7.60 Å². The van der Waals surface area contributed by atoms with Gasteiger partial charge in [0.25, 0.3) is 0 Å². The molecule has 4 aliphatic carbocycles. The van der Waals surface area contributed by atoms with Crippen molar-refractivity contribution in [3.8, 4) is 0 Å². The fourth-order valence-electron chi connectivity index (χ4n) is 9.99. The van der Waals surface area contributed by atoms with Gasteiger partial charge in [0.1, 0.15) is 0 Å². The zero-order valence-corrected chi connectivity index (χ0v) is 34.1. The lowest BCUT2D eigenvalue weighted by Gasteiger charge is -2.44. The Hall–Kier alpha value is -0.710. The molecule has 50 heavy (non-hydrogen) atoms. The highest BCUT2D eigenvalue weighted by Crippen LogP contribution is 2.49. The predicted octanol–water partition coefficient (Wildman–Crippen LogP) is 11.6. The first-order valence-corrected chi connectivity index (χ1v) is 22.9. The van der Waals surface area contributed by atoms with Crippen LogP contribution in [0.1, 0.15) is 170 Å². The van der Waals surface area contributed by atoms with Crippen molar-refractivity contribution in [1.29, 1.82) is 0 Å².